The zero-order chi connectivity index (χ0) is 31.2. The summed E-state index contributed by atoms with van der Waals surface area (Å²) in [5.74, 6) is 0.0987. The monoisotopic (exact) mass is 612 g/mol. The highest BCUT2D eigenvalue weighted by Crippen LogP contribution is 2.40. The third-order valence-corrected chi connectivity index (χ3v) is 8.90. The summed E-state index contributed by atoms with van der Waals surface area (Å²) in [5, 5.41) is 15.4. The standard InChI is InChI=1S/C35H40N4O6/c1-2-19-43-34(42)37-28-8-6-7-27(20-28)32-44-30(21-31(45-32)26-13-11-25(23-40)12-14-26)22-38-17-15-35(16-18-38)33(41)36-24-39(35)29-9-4-3-5-10-29/h2-14,20,30-32,40H,1,15-19,21-24H2,(H,36,41)(H,37,42)/t30-,31+,32+/m1/s1. The highest BCUT2D eigenvalue weighted by atomic mass is 16.7. The van der Waals surface area contributed by atoms with Gasteiger partial charge in [0.15, 0.2) is 6.29 Å². The Labute approximate surface area is 263 Å². The van der Waals surface area contributed by atoms with Gasteiger partial charge >= 0.3 is 6.09 Å². The van der Waals surface area contributed by atoms with Gasteiger partial charge < -0.3 is 34.4 Å². The van der Waals surface area contributed by atoms with Crippen LogP contribution in [0.3, 0.4) is 0 Å². The fourth-order valence-electron chi connectivity index (χ4n) is 6.51. The summed E-state index contributed by atoms with van der Waals surface area (Å²) in [6, 6.07) is 25.3. The predicted molar refractivity (Wildman–Crippen MR) is 170 cm³/mol. The first-order valence-corrected chi connectivity index (χ1v) is 15.5. The van der Waals surface area contributed by atoms with Gasteiger partial charge in [0.25, 0.3) is 0 Å². The molecular weight excluding hydrogens is 572 g/mol. The number of nitrogens with zero attached hydrogens (tertiary/aromatic N) is 2. The lowest BCUT2D eigenvalue weighted by Crippen LogP contribution is -2.57. The average Bonchev–Trinajstić information content (AvgIpc) is 3.39. The topological polar surface area (TPSA) is 113 Å². The molecule has 2 amide bonds. The van der Waals surface area contributed by atoms with Crippen molar-refractivity contribution in [2.24, 2.45) is 0 Å². The number of aliphatic hydroxyl groups is 1. The highest BCUT2D eigenvalue weighted by molar-refractivity contribution is 5.93. The fourth-order valence-corrected chi connectivity index (χ4v) is 6.51. The first-order chi connectivity index (χ1) is 22.0. The molecule has 3 aliphatic heterocycles. The molecule has 1 spiro atoms. The van der Waals surface area contributed by atoms with Gasteiger partial charge in [0.2, 0.25) is 5.91 Å². The van der Waals surface area contributed by atoms with Crippen molar-refractivity contribution in [2.45, 2.75) is 49.9 Å². The van der Waals surface area contributed by atoms with Crippen molar-refractivity contribution < 1.29 is 28.9 Å². The van der Waals surface area contributed by atoms with Gasteiger partial charge in [-0.2, -0.15) is 0 Å². The van der Waals surface area contributed by atoms with Crippen molar-refractivity contribution in [3.05, 3.63) is 108 Å². The number of piperidine rings is 1. The molecule has 6 rings (SSSR count). The van der Waals surface area contributed by atoms with E-state index in [1.165, 1.54) is 6.08 Å². The van der Waals surface area contributed by atoms with E-state index in [2.05, 4.69) is 39.1 Å². The van der Waals surface area contributed by atoms with Crippen LogP contribution in [0.4, 0.5) is 16.2 Å². The lowest BCUT2D eigenvalue weighted by Gasteiger charge is -2.45. The van der Waals surface area contributed by atoms with E-state index >= 15 is 0 Å². The van der Waals surface area contributed by atoms with E-state index in [1.54, 1.807) is 6.07 Å². The number of aliphatic hydroxyl groups excluding tert-OH is 1. The van der Waals surface area contributed by atoms with Gasteiger partial charge in [0, 0.05) is 43.0 Å². The zero-order valence-electron chi connectivity index (χ0n) is 25.3. The molecule has 0 aliphatic carbocycles. The largest absolute Gasteiger partial charge is 0.445 e. The van der Waals surface area contributed by atoms with Gasteiger partial charge in [-0.3, -0.25) is 10.1 Å². The van der Waals surface area contributed by atoms with Crippen molar-refractivity contribution in [1.82, 2.24) is 10.2 Å². The van der Waals surface area contributed by atoms with Gasteiger partial charge in [-0.15, -0.1) is 0 Å². The molecule has 10 heteroatoms. The van der Waals surface area contributed by atoms with Crippen molar-refractivity contribution in [2.75, 3.05) is 43.1 Å². The summed E-state index contributed by atoms with van der Waals surface area (Å²) >= 11 is 0. The maximum atomic E-state index is 13.2. The van der Waals surface area contributed by atoms with Crippen molar-refractivity contribution >= 4 is 23.4 Å². The van der Waals surface area contributed by atoms with E-state index in [1.807, 2.05) is 60.7 Å². The van der Waals surface area contributed by atoms with Crippen LogP contribution in [-0.4, -0.2) is 66.6 Å². The van der Waals surface area contributed by atoms with Crippen LogP contribution in [0.15, 0.2) is 91.5 Å². The van der Waals surface area contributed by atoms with Crippen LogP contribution in [0.25, 0.3) is 0 Å². The number of para-hydroxylation sites is 1. The quantitative estimate of drug-likeness (QED) is 0.293. The minimum Gasteiger partial charge on any atom is -0.445 e. The van der Waals surface area contributed by atoms with Crippen molar-refractivity contribution in [1.29, 1.82) is 0 Å². The van der Waals surface area contributed by atoms with Crippen LogP contribution in [0.2, 0.25) is 0 Å². The van der Waals surface area contributed by atoms with E-state index in [0.717, 1.165) is 48.3 Å². The highest BCUT2D eigenvalue weighted by Gasteiger charge is 2.50. The smallest absolute Gasteiger partial charge is 0.411 e. The van der Waals surface area contributed by atoms with Gasteiger partial charge in [0.1, 0.15) is 12.1 Å². The number of hydrogen-bond donors (Lipinski definition) is 3. The molecule has 3 N–H and O–H groups in total. The predicted octanol–water partition coefficient (Wildman–Crippen LogP) is 4.89. The third kappa shape index (κ3) is 6.89. The number of rotatable bonds is 9. The van der Waals surface area contributed by atoms with E-state index in [0.29, 0.717) is 25.3 Å². The van der Waals surface area contributed by atoms with E-state index < -0.39 is 17.9 Å². The Morgan fingerprint density at radius 3 is 2.56 bits per heavy atom. The molecule has 3 heterocycles. The number of carbonyl (C=O) groups excluding carboxylic acids is 2. The summed E-state index contributed by atoms with van der Waals surface area (Å²) in [4.78, 5) is 29.9. The molecule has 3 aromatic carbocycles. The van der Waals surface area contributed by atoms with Crippen LogP contribution < -0.4 is 15.5 Å². The number of nitrogens with one attached hydrogen (secondary N) is 2. The summed E-state index contributed by atoms with van der Waals surface area (Å²) in [6.45, 7) is 6.41. The second kappa shape index (κ2) is 13.8. The Kier molecular flexibility index (Phi) is 9.46. The normalized spacial score (nSPS) is 23.0. The molecule has 3 saturated heterocycles. The zero-order valence-corrected chi connectivity index (χ0v) is 25.3. The molecule has 45 heavy (non-hydrogen) atoms. The Morgan fingerprint density at radius 1 is 1.04 bits per heavy atom. The molecule has 0 radical (unpaired) electrons. The Balaban J connectivity index is 1.17. The van der Waals surface area contributed by atoms with E-state index in [4.69, 9.17) is 14.2 Å². The molecule has 236 valence electrons. The second-order valence-corrected chi connectivity index (χ2v) is 11.7. The Morgan fingerprint density at radius 2 is 1.82 bits per heavy atom. The molecule has 0 saturated carbocycles. The van der Waals surface area contributed by atoms with Crippen molar-refractivity contribution in [3.63, 3.8) is 0 Å². The maximum Gasteiger partial charge on any atom is 0.411 e. The van der Waals surface area contributed by atoms with Gasteiger partial charge in [0.05, 0.1) is 25.5 Å². The second-order valence-electron chi connectivity index (χ2n) is 11.7. The Hall–Kier alpha value is -4.22. The lowest BCUT2D eigenvalue weighted by molar-refractivity contribution is -0.253. The minimum atomic E-state index is -0.664. The molecule has 3 aliphatic rings. The average molecular weight is 613 g/mol. The number of ether oxygens (including phenoxy) is 3. The molecule has 0 bridgehead atoms. The fraction of sp³-hybridized carbons (Fsp3) is 0.371. The Bertz CT molecular complexity index is 1470. The summed E-state index contributed by atoms with van der Waals surface area (Å²) in [6.07, 6.45) is 2.00. The first-order valence-electron chi connectivity index (χ1n) is 15.5. The van der Waals surface area contributed by atoms with E-state index in [9.17, 15) is 14.7 Å². The van der Waals surface area contributed by atoms with Gasteiger partial charge in [-0.1, -0.05) is 67.3 Å². The SMILES string of the molecule is C=CCOC(=O)Nc1cccc([C@H]2O[C@@H](CN3CCC4(CC3)C(=O)NCN4c3ccccc3)C[C@@H](c3ccc(CO)cc3)O2)c1. The van der Waals surface area contributed by atoms with Gasteiger partial charge in [-0.25, -0.2) is 4.79 Å². The van der Waals surface area contributed by atoms with Crippen LogP contribution in [-0.2, 0) is 25.6 Å². The summed E-state index contributed by atoms with van der Waals surface area (Å²) in [5.41, 5.74) is 3.69. The molecule has 0 unspecified atom stereocenters. The first kappa shape index (κ1) is 30.8. The minimum absolute atomic E-state index is 0.0225. The van der Waals surface area contributed by atoms with Crippen LogP contribution in [0, 0.1) is 0 Å². The number of benzene rings is 3. The number of amides is 2. The lowest BCUT2D eigenvalue weighted by atomic mass is 9.85. The van der Waals surface area contributed by atoms with Crippen LogP contribution in [0.1, 0.15) is 48.3 Å². The van der Waals surface area contributed by atoms with Crippen LogP contribution >= 0.6 is 0 Å². The molecule has 10 nitrogen and oxygen atoms in total. The third-order valence-electron chi connectivity index (χ3n) is 8.90. The molecule has 3 atom stereocenters. The van der Waals surface area contributed by atoms with Crippen LogP contribution in [0.5, 0.6) is 0 Å². The number of anilines is 2. The number of hydrogen-bond acceptors (Lipinski definition) is 8. The number of carbonyl (C=O) groups is 2. The van der Waals surface area contributed by atoms with Gasteiger partial charge in [-0.05, 0) is 48.2 Å². The maximum absolute atomic E-state index is 13.2. The molecule has 3 aromatic rings. The van der Waals surface area contributed by atoms with E-state index in [-0.39, 0.29) is 31.3 Å². The molecular formula is C35H40N4O6. The van der Waals surface area contributed by atoms with Crippen molar-refractivity contribution in [3.8, 4) is 0 Å². The summed E-state index contributed by atoms with van der Waals surface area (Å²) < 4.78 is 18.2. The summed E-state index contributed by atoms with van der Waals surface area (Å²) in [7, 11) is 0. The molecule has 0 aromatic heterocycles. The number of likely N-dealkylation sites (tertiary alicyclic amines) is 1. The molecule has 3 fully saturated rings.